The van der Waals surface area contributed by atoms with Crippen LogP contribution in [0.5, 0.6) is 0 Å². The Bertz CT molecular complexity index is 3350. The van der Waals surface area contributed by atoms with Crippen molar-refractivity contribution in [2.75, 3.05) is 4.90 Å². The lowest BCUT2D eigenvalue weighted by atomic mass is 9.96. The summed E-state index contributed by atoms with van der Waals surface area (Å²) in [5.41, 5.74) is -1.77. The maximum absolute atomic E-state index is 9.53. The first kappa shape index (κ1) is 15.0. The highest BCUT2D eigenvalue weighted by Crippen LogP contribution is 2.46. The number of para-hydroxylation sites is 1. The van der Waals surface area contributed by atoms with Gasteiger partial charge in [0.1, 0.15) is 11.2 Å². The molecule has 0 amide bonds. The predicted octanol–water partition coefficient (Wildman–Crippen LogP) is 13.2. The zero-order valence-corrected chi connectivity index (χ0v) is 24.9. The van der Waals surface area contributed by atoms with E-state index in [0.29, 0.717) is 33.1 Å². The van der Waals surface area contributed by atoms with Crippen LogP contribution in [0.15, 0.2) is 192 Å². The summed E-state index contributed by atoms with van der Waals surface area (Å²) in [5.74, 6) is 0. The fourth-order valence-electron chi connectivity index (χ4n) is 5.86. The topological polar surface area (TPSA) is 16.4 Å². The minimum absolute atomic E-state index is 0.0212. The number of hydrogen-bond donors (Lipinski definition) is 0. The fourth-order valence-corrected chi connectivity index (χ4v) is 5.86. The van der Waals surface area contributed by atoms with Crippen molar-refractivity contribution in [1.29, 1.82) is 0 Å². The number of furan rings is 1. The molecule has 0 aliphatic rings. The van der Waals surface area contributed by atoms with Gasteiger partial charge in [0.2, 0.25) is 0 Å². The molecule has 2 heteroatoms. The van der Waals surface area contributed by atoms with Crippen LogP contribution < -0.4 is 4.90 Å². The third kappa shape index (κ3) is 4.83. The molecule has 0 radical (unpaired) electrons. The molecule has 0 saturated carbocycles. The molecule has 8 aromatic carbocycles. The van der Waals surface area contributed by atoms with E-state index in [4.69, 9.17) is 18.1 Å². The smallest absolute Gasteiger partial charge is 0.143 e. The second-order valence-electron chi connectivity index (χ2n) is 10.7. The van der Waals surface area contributed by atoms with Crippen LogP contribution in [0.2, 0.25) is 0 Å². The summed E-state index contributed by atoms with van der Waals surface area (Å²) in [6.07, 6.45) is 0. The highest BCUT2D eigenvalue weighted by atomic mass is 16.3. The minimum Gasteiger partial charge on any atom is -0.455 e. The lowest BCUT2D eigenvalue weighted by Crippen LogP contribution is -2.11. The van der Waals surface area contributed by atoms with Crippen LogP contribution in [-0.2, 0) is 0 Å². The van der Waals surface area contributed by atoms with E-state index < -0.39 is 142 Å². The quantitative estimate of drug-likeness (QED) is 0.182. The van der Waals surface area contributed by atoms with Crippen molar-refractivity contribution in [3.8, 4) is 33.4 Å². The number of nitrogens with zero attached hydrogens (tertiary/aromatic N) is 1. The van der Waals surface area contributed by atoms with Gasteiger partial charge in [0.15, 0.2) is 0 Å². The number of anilines is 3. The Hall–Kier alpha value is -6.38. The molecular weight excluding hydrogens is 583 g/mol. The van der Waals surface area contributed by atoms with Crippen molar-refractivity contribution in [3.63, 3.8) is 0 Å². The van der Waals surface area contributed by atoms with E-state index in [1.165, 1.54) is 6.07 Å². The zero-order chi connectivity index (χ0) is 47.5. The molecule has 0 atom stereocenters. The second-order valence-corrected chi connectivity index (χ2v) is 10.7. The summed E-state index contributed by atoms with van der Waals surface area (Å²) in [6.45, 7) is 0. The third-order valence-corrected chi connectivity index (χ3v) is 7.99. The van der Waals surface area contributed by atoms with Crippen molar-refractivity contribution in [1.82, 2.24) is 0 Å². The van der Waals surface area contributed by atoms with E-state index >= 15 is 0 Å². The van der Waals surface area contributed by atoms with Gasteiger partial charge in [0.05, 0.1) is 30.4 Å². The molecule has 2 nitrogen and oxygen atoms in total. The maximum atomic E-state index is 9.53. The number of rotatable bonds is 6. The Morgan fingerprint density at radius 2 is 1.00 bits per heavy atom. The van der Waals surface area contributed by atoms with E-state index in [1.54, 1.807) is 36.4 Å². The molecule has 0 bridgehead atoms. The number of fused-ring (bicyclic) bond motifs is 5. The molecule has 226 valence electrons. The molecule has 9 aromatic rings. The summed E-state index contributed by atoms with van der Waals surface area (Å²) in [4.78, 5) is 1.03. The molecule has 1 heterocycles. The Labute approximate surface area is 305 Å². The average molecular weight is 632 g/mol. The first-order valence-electron chi connectivity index (χ1n) is 23.9. The largest absolute Gasteiger partial charge is 0.455 e. The van der Waals surface area contributed by atoms with Gasteiger partial charge in [-0.05, 0) is 75.6 Å². The van der Waals surface area contributed by atoms with Crippen molar-refractivity contribution in [2.24, 2.45) is 0 Å². The highest BCUT2D eigenvalue weighted by molar-refractivity contribution is 6.19. The average Bonchev–Trinajstić information content (AvgIpc) is 3.71. The van der Waals surface area contributed by atoms with Crippen LogP contribution in [0.4, 0.5) is 17.1 Å². The Balaban J connectivity index is 1.41. The van der Waals surface area contributed by atoms with Gasteiger partial charge in [0.25, 0.3) is 0 Å². The van der Waals surface area contributed by atoms with Gasteiger partial charge in [-0.15, -0.1) is 0 Å². The van der Waals surface area contributed by atoms with Gasteiger partial charge < -0.3 is 9.32 Å². The van der Waals surface area contributed by atoms with Gasteiger partial charge in [-0.2, -0.15) is 0 Å². The lowest BCUT2D eigenvalue weighted by molar-refractivity contribution is 0.673. The van der Waals surface area contributed by atoms with E-state index in [-0.39, 0.29) is 5.69 Å². The van der Waals surface area contributed by atoms with Crippen LogP contribution in [0.3, 0.4) is 0 Å². The summed E-state index contributed by atoms with van der Waals surface area (Å²) in [7, 11) is 0. The molecule has 48 heavy (non-hydrogen) atoms. The highest BCUT2D eigenvalue weighted by Gasteiger charge is 2.21. The third-order valence-electron chi connectivity index (χ3n) is 7.99. The van der Waals surface area contributed by atoms with Crippen LogP contribution >= 0.6 is 0 Å². The summed E-state index contributed by atoms with van der Waals surface area (Å²) < 4.78 is 166. The summed E-state index contributed by atoms with van der Waals surface area (Å²) in [5, 5.41) is 3.08. The Morgan fingerprint density at radius 1 is 0.438 bits per heavy atom. The molecule has 0 aliphatic heterocycles. The monoisotopic (exact) mass is 631 g/mol. The van der Waals surface area contributed by atoms with Crippen LogP contribution in [0.1, 0.15) is 24.7 Å². The molecule has 0 unspecified atom stereocenters. The number of hydrogen-bond acceptors (Lipinski definition) is 2. The van der Waals surface area contributed by atoms with E-state index in [2.05, 4.69) is 0 Å². The van der Waals surface area contributed by atoms with E-state index in [9.17, 15) is 11.0 Å². The first-order valence-corrected chi connectivity index (χ1v) is 14.9. The Morgan fingerprint density at radius 3 is 1.67 bits per heavy atom. The van der Waals surface area contributed by atoms with Gasteiger partial charge >= 0.3 is 0 Å². The normalized spacial score (nSPS) is 16.6. The van der Waals surface area contributed by atoms with Crippen LogP contribution in [0, 0.1) is 0 Å². The van der Waals surface area contributed by atoms with Gasteiger partial charge in [-0.25, -0.2) is 0 Å². The molecule has 0 aliphatic carbocycles. The number of benzene rings is 8. The van der Waals surface area contributed by atoms with Crippen molar-refractivity contribution >= 4 is 49.8 Å². The zero-order valence-electron chi connectivity index (χ0n) is 42.9. The predicted molar refractivity (Wildman–Crippen MR) is 202 cm³/mol. The SMILES string of the molecule is [2H]c1c([2H])c([2H])c(-c2c([2H])c([2H])c(N(c3ccccc3-c3cccc4oc5c6ccccc6ccc5c34)c3c([2H])c([2H])c(-c4c([2H])c([2H])c([2H])c([2H])c4[2H])c([2H])c3[2H])c([2H])c2[2H])c([2H])c1[2H]. The van der Waals surface area contributed by atoms with Crippen molar-refractivity contribution in [3.05, 3.63) is 188 Å². The molecule has 0 spiro atoms. The van der Waals surface area contributed by atoms with Crippen molar-refractivity contribution in [2.45, 2.75) is 0 Å². The van der Waals surface area contributed by atoms with Crippen molar-refractivity contribution < 1.29 is 29.1 Å². The van der Waals surface area contributed by atoms with E-state index in [0.717, 1.165) is 15.7 Å². The standard InChI is InChI=1S/C46H31NO/c1-3-12-32(13-4-1)34-22-27-37(28-23-34)47(38-29-24-35(25-30-38)33-14-5-2-6-15-33)43-20-10-9-18-40(43)41-19-11-21-44-45(41)42-31-26-36-16-7-8-17-39(36)46(42)48-44/h1-31H/i1D,2D,3D,4D,5D,6D,12D,13D,14D,15D,22D,23D,24D,25D,27D,28D,29D,30D. The van der Waals surface area contributed by atoms with Crippen LogP contribution in [0.25, 0.3) is 66.1 Å². The van der Waals surface area contributed by atoms with Gasteiger partial charge in [-0.3, -0.25) is 0 Å². The first-order chi connectivity index (χ1) is 31.3. The minimum atomic E-state index is -0.854. The summed E-state index contributed by atoms with van der Waals surface area (Å²) in [6, 6.07) is 8.64. The molecule has 0 fully saturated rings. The Kier molecular flexibility index (Phi) is 3.68. The molecule has 9 rings (SSSR count). The fraction of sp³-hybridized carbons (Fsp3) is 0. The summed E-state index contributed by atoms with van der Waals surface area (Å²) >= 11 is 0. The van der Waals surface area contributed by atoms with E-state index in [1.807, 2.05) is 36.4 Å². The lowest BCUT2D eigenvalue weighted by Gasteiger charge is -2.28. The van der Waals surface area contributed by atoms with Crippen LogP contribution in [-0.4, -0.2) is 0 Å². The van der Waals surface area contributed by atoms with Gasteiger partial charge in [0, 0.05) is 33.1 Å². The van der Waals surface area contributed by atoms with Gasteiger partial charge in [-0.1, -0.05) is 145 Å². The maximum Gasteiger partial charge on any atom is 0.143 e. The molecule has 0 N–H and O–H groups in total. The molecule has 1 aromatic heterocycles. The molecular formula is C46H31NO. The molecule has 0 saturated heterocycles. The second kappa shape index (κ2) is 11.8.